The fraction of sp³-hybridized carbons (Fsp3) is 0.528. The van der Waals surface area contributed by atoms with Crippen molar-refractivity contribution in [3.05, 3.63) is 76.9 Å². The number of piperidine rings is 1. The summed E-state index contributed by atoms with van der Waals surface area (Å²) in [5, 5.41) is 19.1. The van der Waals surface area contributed by atoms with Gasteiger partial charge < -0.3 is 56.9 Å². The summed E-state index contributed by atoms with van der Waals surface area (Å²) >= 11 is 0. The van der Waals surface area contributed by atoms with Gasteiger partial charge in [-0.2, -0.15) is 0 Å². The highest BCUT2D eigenvalue weighted by atomic mass is 16.6. The number of nitrogens with one attached hydrogen (secondary N) is 7. The van der Waals surface area contributed by atoms with Crippen molar-refractivity contribution in [3.8, 4) is 0 Å². The highest BCUT2D eigenvalue weighted by Gasteiger charge is 2.68. The van der Waals surface area contributed by atoms with Crippen molar-refractivity contribution in [3.63, 3.8) is 0 Å². The van der Waals surface area contributed by atoms with Crippen molar-refractivity contribution in [2.75, 3.05) is 45.2 Å². The lowest BCUT2D eigenvalue weighted by Crippen LogP contribution is -2.76. The molecule has 1 saturated heterocycles. The number of ether oxygens (including phenoxy) is 2. The van der Waals surface area contributed by atoms with Gasteiger partial charge in [0.25, 0.3) is 17.7 Å². The first-order valence-electron chi connectivity index (χ1n) is 26.1. The average Bonchev–Trinajstić information content (AvgIpc) is 4.04. The number of primary amides is 1. The molecule has 0 radical (unpaired) electrons. The Bertz CT molecular complexity index is 2620. The number of anilines is 1. The van der Waals surface area contributed by atoms with Gasteiger partial charge in [-0.05, 0) is 92.2 Å². The normalized spacial score (nSPS) is 20.8. The molecule has 414 valence electrons. The number of rotatable bonds is 27. The lowest BCUT2D eigenvalue weighted by molar-refractivity contribution is -0.183. The fourth-order valence-electron chi connectivity index (χ4n) is 10.5. The Morgan fingerprint density at radius 2 is 1.58 bits per heavy atom. The number of benzene rings is 2. The number of unbranched alkanes of at least 4 members (excludes halogenated alkanes) is 2. The van der Waals surface area contributed by atoms with Crippen molar-refractivity contribution < 1.29 is 62.2 Å². The zero-order valence-corrected chi connectivity index (χ0v) is 43.7. The average molecular weight is 1070 g/mol. The maximum atomic E-state index is 13.6. The molecule has 77 heavy (non-hydrogen) atoms. The van der Waals surface area contributed by atoms with Crippen LogP contribution < -0.4 is 43.0 Å². The van der Waals surface area contributed by atoms with E-state index in [2.05, 4.69) is 37.2 Å². The predicted molar refractivity (Wildman–Crippen MR) is 275 cm³/mol. The Hall–Kier alpha value is -7.89. The summed E-state index contributed by atoms with van der Waals surface area (Å²) in [5.74, 6) is -3.60. The van der Waals surface area contributed by atoms with Gasteiger partial charge in [0.15, 0.2) is 0 Å². The number of nitrogens with two attached hydrogens (primary N) is 1. The number of imide groups is 2. The number of carbonyl (C=O) groups is 11. The highest BCUT2D eigenvalue weighted by molar-refractivity contribution is 6.13. The molecule has 6 aliphatic rings. The van der Waals surface area contributed by atoms with E-state index in [-0.39, 0.29) is 124 Å². The van der Waals surface area contributed by atoms with E-state index in [4.69, 9.17) is 15.2 Å². The zero-order valence-electron chi connectivity index (χ0n) is 43.7. The Kier molecular flexibility index (Phi) is 18.7. The zero-order chi connectivity index (χ0) is 55.4. The molecule has 9 N–H and O–H groups in total. The highest BCUT2D eigenvalue weighted by Crippen LogP contribution is 2.67. The monoisotopic (exact) mass is 1070 g/mol. The molecule has 0 spiro atoms. The predicted octanol–water partition coefficient (Wildman–Crippen LogP) is 1.95. The number of hydrogen-bond donors (Lipinski definition) is 8. The number of hydrogen-bond acceptors (Lipinski definition) is 13. The third-order valence-electron chi connectivity index (χ3n) is 14.5. The summed E-state index contributed by atoms with van der Waals surface area (Å²) in [5.41, 5.74) is 8.01. The molecule has 4 fully saturated rings. The van der Waals surface area contributed by atoms with E-state index in [1.807, 2.05) is 6.07 Å². The van der Waals surface area contributed by atoms with Crippen LogP contribution in [-0.4, -0.2) is 144 Å². The maximum absolute atomic E-state index is 13.6. The molecule has 3 saturated carbocycles. The summed E-state index contributed by atoms with van der Waals surface area (Å²) in [4.78, 5) is 142. The van der Waals surface area contributed by atoms with Crippen molar-refractivity contribution in [1.82, 2.24) is 46.6 Å². The largest absolute Gasteiger partial charge is 0.445 e. The number of fused-ring (bicyclic) bond motifs is 1. The van der Waals surface area contributed by atoms with Crippen molar-refractivity contribution in [2.24, 2.45) is 17.1 Å². The van der Waals surface area contributed by atoms with Gasteiger partial charge >= 0.3 is 18.2 Å². The minimum atomic E-state index is -1.05. The van der Waals surface area contributed by atoms with E-state index in [0.717, 1.165) is 35.3 Å². The molecular formula is C53H69N11O13. The van der Waals surface area contributed by atoms with E-state index >= 15 is 0 Å². The van der Waals surface area contributed by atoms with Crippen LogP contribution in [0.15, 0.2) is 54.6 Å². The molecule has 24 nitrogen and oxygen atoms in total. The molecule has 2 aromatic rings. The molecule has 8 rings (SSSR count). The summed E-state index contributed by atoms with van der Waals surface area (Å²) < 4.78 is 11.5. The summed E-state index contributed by atoms with van der Waals surface area (Å²) in [6, 6.07) is 8.20. The summed E-state index contributed by atoms with van der Waals surface area (Å²) in [6.07, 6.45) is 6.78. The van der Waals surface area contributed by atoms with Gasteiger partial charge in [0, 0.05) is 87.0 Å². The van der Waals surface area contributed by atoms with E-state index in [1.165, 1.54) is 22.0 Å². The summed E-state index contributed by atoms with van der Waals surface area (Å²) in [6.45, 7) is 5.43. The van der Waals surface area contributed by atoms with Gasteiger partial charge in [-0.1, -0.05) is 44.5 Å². The number of likely N-dealkylation sites (N-methyl/N-ethyl adjacent to an activating group) is 1. The van der Waals surface area contributed by atoms with Crippen LogP contribution in [0.1, 0.15) is 112 Å². The van der Waals surface area contributed by atoms with Crippen molar-refractivity contribution >= 4 is 71.1 Å². The van der Waals surface area contributed by atoms with E-state index in [0.29, 0.717) is 49.1 Å². The fourth-order valence-corrected chi connectivity index (χ4v) is 10.5. The standard InChI is InChI=1S/C53H69N11O13/c1-32(2)44(59-40(65)9-5-4-6-21-63-42(67)18-19-43(63)68)47(71)58-38(8-7-20-55-49(54)73)45(69)57-36-13-10-33(11-14-36)27-77-51(75)62(3)22-23-76-31-52-28-53(29-52,30-52)61-50(74)56-25-34-12-15-37-35(24-34)26-64(48(37)72)39-16-17-41(66)60-46(39)70/h10-15,18-19,24,32,38-39,44H,4-9,16-17,20-23,25-31H2,1-3H3,(H,57,69)(H,58,71)(H,59,65)(H3,54,55,73)(H2,56,61,74)(H,60,66,70)/t38-,39?,44-,52?,53?/m0/s1. The SMILES string of the molecule is CC(C)[C@H](NC(=O)CCCCCN1C(=O)C=CC1=O)C(=O)N[C@@H](CCCNC(N)=O)C(=O)Nc1ccc(COC(=O)N(C)CCOCC23CC(NC(=O)NCc4ccc5c(c4)CN(C4CCC(=O)NC4=O)C5=O)(C2)C3)cc1. The number of urea groups is 2. The van der Waals surface area contributed by atoms with E-state index in [9.17, 15) is 52.7 Å². The maximum Gasteiger partial charge on any atom is 0.409 e. The lowest BCUT2D eigenvalue weighted by Gasteiger charge is -2.70. The first-order valence-corrected chi connectivity index (χ1v) is 26.1. The Morgan fingerprint density at radius 1 is 0.870 bits per heavy atom. The van der Waals surface area contributed by atoms with Crippen molar-refractivity contribution in [1.29, 1.82) is 0 Å². The van der Waals surface area contributed by atoms with E-state index < -0.39 is 48.0 Å². The minimum Gasteiger partial charge on any atom is -0.445 e. The van der Waals surface area contributed by atoms with Crippen LogP contribution >= 0.6 is 0 Å². The van der Waals surface area contributed by atoms with E-state index in [1.54, 1.807) is 57.3 Å². The second kappa shape index (κ2) is 25.3. The first-order chi connectivity index (χ1) is 36.7. The van der Waals surface area contributed by atoms with Crippen LogP contribution in [0.4, 0.5) is 20.1 Å². The second-order valence-corrected chi connectivity index (χ2v) is 21.0. The molecular weight excluding hydrogens is 999 g/mol. The Labute approximate surface area is 445 Å². The Balaban J connectivity index is 0.766. The number of carbonyl (C=O) groups excluding carboxylic acids is 11. The molecule has 24 heteroatoms. The summed E-state index contributed by atoms with van der Waals surface area (Å²) in [7, 11) is 1.60. The smallest absolute Gasteiger partial charge is 0.409 e. The third kappa shape index (κ3) is 14.9. The van der Waals surface area contributed by atoms with Crippen LogP contribution in [0.25, 0.3) is 0 Å². The minimum absolute atomic E-state index is 0.0302. The van der Waals surface area contributed by atoms with Crippen LogP contribution in [0.5, 0.6) is 0 Å². The third-order valence-corrected chi connectivity index (χ3v) is 14.5. The first kappa shape index (κ1) is 56.8. The number of nitrogens with zero attached hydrogens (tertiary/aromatic N) is 3. The topological polar surface area (TPSA) is 326 Å². The van der Waals surface area contributed by atoms with Crippen LogP contribution in [-0.2, 0) is 62.7 Å². The molecule has 0 aromatic heterocycles. The van der Waals surface area contributed by atoms with Crippen LogP contribution in [0.2, 0.25) is 0 Å². The van der Waals surface area contributed by atoms with Crippen molar-refractivity contribution in [2.45, 2.75) is 128 Å². The van der Waals surface area contributed by atoms with Gasteiger partial charge in [0.1, 0.15) is 24.7 Å². The molecule has 3 aliphatic heterocycles. The quantitative estimate of drug-likeness (QED) is 0.0469. The molecule has 2 bridgehead atoms. The van der Waals surface area contributed by atoms with Gasteiger partial charge in [0.05, 0.1) is 13.2 Å². The molecule has 1 unspecified atom stereocenters. The van der Waals surface area contributed by atoms with Crippen LogP contribution in [0, 0.1) is 11.3 Å². The molecule has 3 atom stereocenters. The Morgan fingerprint density at radius 3 is 2.27 bits per heavy atom. The lowest BCUT2D eigenvalue weighted by atomic mass is 9.39. The van der Waals surface area contributed by atoms with Gasteiger partial charge in [-0.15, -0.1) is 0 Å². The van der Waals surface area contributed by atoms with Gasteiger partial charge in [-0.3, -0.25) is 48.6 Å². The van der Waals surface area contributed by atoms with Gasteiger partial charge in [-0.25, -0.2) is 14.4 Å². The second-order valence-electron chi connectivity index (χ2n) is 21.0. The molecule has 3 aliphatic carbocycles. The van der Waals surface area contributed by atoms with Crippen LogP contribution in [0.3, 0.4) is 0 Å². The molecule has 2 aromatic carbocycles. The van der Waals surface area contributed by atoms with Gasteiger partial charge in [0.2, 0.25) is 29.5 Å². The molecule has 3 heterocycles. The number of amides is 13. The molecule has 13 amide bonds.